The van der Waals surface area contributed by atoms with Gasteiger partial charge in [-0.3, -0.25) is 9.59 Å². The van der Waals surface area contributed by atoms with Crippen molar-refractivity contribution in [3.05, 3.63) is 95.1 Å². The van der Waals surface area contributed by atoms with Crippen LogP contribution >= 0.6 is 0 Å². The van der Waals surface area contributed by atoms with Crippen LogP contribution in [-0.2, 0) is 16.1 Å². The molecule has 1 aliphatic rings. The van der Waals surface area contributed by atoms with Crippen LogP contribution in [0.25, 0.3) is 5.76 Å². The van der Waals surface area contributed by atoms with Gasteiger partial charge in [0.1, 0.15) is 28.6 Å². The van der Waals surface area contributed by atoms with Crippen molar-refractivity contribution in [3.63, 3.8) is 0 Å². The van der Waals surface area contributed by atoms with Gasteiger partial charge in [0.25, 0.3) is 11.7 Å². The van der Waals surface area contributed by atoms with Gasteiger partial charge < -0.3 is 24.6 Å². The van der Waals surface area contributed by atoms with Crippen molar-refractivity contribution in [1.82, 2.24) is 4.90 Å². The Bertz CT molecular complexity index is 1370. The number of carbonyl (C=O) groups is 2. The Kier molecular flexibility index (Phi) is 7.49. The average Bonchev–Trinajstić information content (AvgIpc) is 3.09. The number of rotatable bonds is 7. The molecule has 0 spiro atoms. The number of phenols is 1. The quantitative estimate of drug-likeness (QED) is 0.228. The Morgan fingerprint density at radius 1 is 0.974 bits per heavy atom. The summed E-state index contributed by atoms with van der Waals surface area (Å²) in [7, 11) is 0. The van der Waals surface area contributed by atoms with Crippen molar-refractivity contribution in [2.45, 2.75) is 58.9 Å². The number of hydrogen-bond acceptors (Lipinski definition) is 6. The molecule has 7 heteroatoms. The first-order chi connectivity index (χ1) is 17.9. The molecule has 0 bridgehead atoms. The first-order valence-electron chi connectivity index (χ1n) is 12.6. The minimum atomic E-state index is -0.882. The van der Waals surface area contributed by atoms with E-state index in [1.54, 1.807) is 36.4 Å². The molecule has 7 nitrogen and oxygen atoms in total. The number of phenolic OH excluding ortho intramolecular Hbond substituents is 1. The lowest BCUT2D eigenvalue weighted by molar-refractivity contribution is -0.140. The third-order valence-corrected chi connectivity index (χ3v) is 5.96. The van der Waals surface area contributed by atoms with E-state index in [9.17, 15) is 19.8 Å². The summed E-state index contributed by atoms with van der Waals surface area (Å²) in [5.74, 6) is -0.627. The van der Waals surface area contributed by atoms with Crippen LogP contribution in [0.5, 0.6) is 17.2 Å². The SMILES string of the molecule is CC(C)Oc1cccc(/C(O)=C2\C(=O)C(=O)N(Cc3ccccc3OC(C)(C)C)C2c2ccc(O)cc2)c1. The topological polar surface area (TPSA) is 96.3 Å². The number of aromatic hydroxyl groups is 1. The number of Topliss-reactive ketones (excluding diaryl/α,β-unsaturated/α-hetero) is 1. The largest absolute Gasteiger partial charge is 0.508 e. The van der Waals surface area contributed by atoms with E-state index in [4.69, 9.17) is 9.47 Å². The van der Waals surface area contributed by atoms with E-state index in [-0.39, 0.29) is 29.7 Å². The predicted molar refractivity (Wildman–Crippen MR) is 145 cm³/mol. The third-order valence-electron chi connectivity index (χ3n) is 5.96. The van der Waals surface area contributed by atoms with E-state index in [2.05, 4.69) is 0 Å². The molecule has 1 amide bonds. The van der Waals surface area contributed by atoms with E-state index in [1.165, 1.54) is 17.0 Å². The molecular formula is C31H33NO6. The smallest absolute Gasteiger partial charge is 0.295 e. The van der Waals surface area contributed by atoms with Crippen molar-refractivity contribution in [3.8, 4) is 17.2 Å². The van der Waals surface area contributed by atoms with Gasteiger partial charge in [-0.15, -0.1) is 0 Å². The van der Waals surface area contributed by atoms with Crippen LogP contribution in [0.1, 0.15) is 57.4 Å². The van der Waals surface area contributed by atoms with Gasteiger partial charge in [-0.1, -0.05) is 42.5 Å². The van der Waals surface area contributed by atoms with Crippen LogP contribution in [0.4, 0.5) is 0 Å². The number of nitrogens with zero attached hydrogens (tertiary/aromatic N) is 1. The number of para-hydroxylation sites is 1. The molecule has 1 unspecified atom stereocenters. The molecule has 3 aromatic carbocycles. The maximum absolute atomic E-state index is 13.4. The summed E-state index contributed by atoms with van der Waals surface area (Å²) in [5.41, 5.74) is 1.16. The molecule has 0 saturated carbocycles. The number of ketones is 1. The van der Waals surface area contributed by atoms with E-state index >= 15 is 0 Å². The number of amides is 1. The molecule has 0 aromatic heterocycles. The van der Waals surface area contributed by atoms with Gasteiger partial charge in [0.2, 0.25) is 0 Å². The standard InChI is InChI=1S/C31H33NO6/c1-19(2)37-24-11-8-10-21(17-24)28(34)26-27(20-13-15-23(33)16-14-20)32(30(36)29(26)35)18-22-9-6-7-12-25(22)38-31(3,4)5/h6-17,19,27,33-34H,18H2,1-5H3/b28-26+. The van der Waals surface area contributed by atoms with Crippen LogP contribution < -0.4 is 9.47 Å². The lowest BCUT2D eigenvalue weighted by Gasteiger charge is -2.28. The monoisotopic (exact) mass is 515 g/mol. The number of ether oxygens (including phenoxy) is 2. The first kappa shape index (κ1) is 26.8. The number of benzene rings is 3. The van der Waals surface area contributed by atoms with E-state index in [0.29, 0.717) is 22.6 Å². The van der Waals surface area contributed by atoms with Gasteiger partial charge in [-0.25, -0.2) is 0 Å². The molecule has 0 radical (unpaired) electrons. The first-order valence-corrected chi connectivity index (χ1v) is 12.6. The second-order valence-corrected chi connectivity index (χ2v) is 10.5. The second-order valence-electron chi connectivity index (χ2n) is 10.5. The Morgan fingerprint density at radius 3 is 2.32 bits per heavy atom. The molecule has 1 aliphatic heterocycles. The molecule has 1 fully saturated rings. The Hall–Kier alpha value is -4.26. The highest BCUT2D eigenvalue weighted by atomic mass is 16.5. The fraction of sp³-hybridized carbons (Fsp3) is 0.290. The molecule has 0 aliphatic carbocycles. The maximum atomic E-state index is 13.4. The summed E-state index contributed by atoms with van der Waals surface area (Å²) < 4.78 is 11.9. The number of carbonyl (C=O) groups excluding carboxylic acids is 2. The normalized spacial score (nSPS) is 17.2. The highest BCUT2D eigenvalue weighted by Crippen LogP contribution is 2.41. The number of aliphatic hydroxyl groups excluding tert-OH is 1. The molecular weight excluding hydrogens is 482 g/mol. The van der Waals surface area contributed by atoms with Gasteiger partial charge in [0.15, 0.2) is 0 Å². The van der Waals surface area contributed by atoms with Crippen LogP contribution in [0, 0.1) is 0 Å². The van der Waals surface area contributed by atoms with Gasteiger partial charge in [0.05, 0.1) is 24.3 Å². The molecule has 1 saturated heterocycles. The molecule has 1 heterocycles. The van der Waals surface area contributed by atoms with Gasteiger partial charge in [-0.2, -0.15) is 0 Å². The van der Waals surface area contributed by atoms with Crippen molar-refractivity contribution in [2.24, 2.45) is 0 Å². The summed E-state index contributed by atoms with van der Waals surface area (Å²) in [6, 6.07) is 19.5. The molecule has 4 rings (SSSR count). The zero-order valence-electron chi connectivity index (χ0n) is 22.3. The van der Waals surface area contributed by atoms with Crippen LogP contribution in [-0.4, -0.2) is 38.5 Å². The maximum Gasteiger partial charge on any atom is 0.295 e. The highest BCUT2D eigenvalue weighted by Gasteiger charge is 2.46. The Morgan fingerprint density at radius 2 is 1.66 bits per heavy atom. The molecule has 3 aromatic rings. The molecule has 1 atom stereocenters. The van der Waals surface area contributed by atoms with Crippen LogP contribution in [0.15, 0.2) is 78.4 Å². The molecule has 2 N–H and O–H groups in total. The van der Waals surface area contributed by atoms with Gasteiger partial charge >= 0.3 is 0 Å². The Balaban J connectivity index is 1.83. The highest BCUT2D eigenvalue weighted by molar-refractivity contribution is 6.46. The van der Waals surface area contributed by atoms with Gasteiger partial charge in [-0.05, 0) is 70.5 Å². The van der Waals surface area contributed by atoms with E-state index in [0.717, 1.165) is 5.56 Å². The summed E-state index contributed by atoms with van der Waals surface area (Å²) in [4.78, 5) is 28.3. The summed E-state index contributed by atoms with van der Waals surface area (Å²) >= 11 is 0. The average molecular weight is 516 g/mol. The zero-order chi connectivity index (χ0) is 27.6. The minimum Gasteiger partial charge on any atom is -0.508 e. The van der Waals surface area contributed by atoms with E-state index in [1.807, 2.05) is 58.9 Å². The van der Waals surface area contributed by atoms with Crippen molar-refractivity contribution >= 4 is 17.4 Å². The van der Waals surface area contributed by atoms with Crippen LogP contribution in [0.3, 0.4) is 0 Å². The minimum absolute atomic E-state index is 0.0309. The fourth-order valence-electron chi connectivity index (χ4n) is 4.44. The lowest BCUT2D eigenvalue weighted by atomic mass is 9.95. The summed E-state index contributed by atoms with van der Waals surface area (Å²) in [6.07, 6.45) is -0.0784. The van der Waals surface area contributed by atoms with E-state index < -0.39 is 23.3 Å². The van der Waals surface area contributed by atoms with Gasteiger partial charge in [0, 0.05) is 11.1 Å². The number of aliphatic hydroxyl groups is 1. The van der Waals surface area contributed by atoms with Crippen molar-refractivity contribution in [1.29, 1.82) is 0 Å². The molecule has 198 valence electrons. The Labute approximate surface area is 222 Å². The zero-order valence-corrected chi connectivity index (χ0v) is 22.3. The number of hydrogen-bond donors (Lipinski definition) is 2. The predicted octanol–water partition coefficient (Wildman–Crippen LogP) is 5.98. The lowest BCUT2D eigenvalue weighted by Crippen LogP contribution is -2.30. The van der Waals surface area contributed by atoms with Crippen LogP contribution in [0.2, 0.25) is 0 Å². The third kappa shape index (κ3) is 5.83. The second kappa shape index (κ2) is 10.6. The molecule has 38 heavy (non-hydrogen) atoms. The fourth-order valence-corrected chi connectivity index (χ4v) is 4.44. The number of likely N-dealkylation sites (tertiary alicyclic amines) is 1. The summed E-state index contributed by atoms with van der Waals surface area (Å²) in [6.45, 7) is 9.67. The van der Waals surface area contributed by atoms with Crippen molar-refractivity contribution < 1.29 is 29.3 Å². The summed E-state index contributed by atoms with van der Waals surface area (Å²) in [5, 5.41) is 21.3. The van der Waals surface area contributed by atoms with Crippen molar-refractivity contribution in [2.75, 3.05) is 0 Å².